The Bertz CT molecular complexity index is 1200. The molecular weight excluding hydrogens is 432 g/mol. The third-order valence-corrected chi connectivity index (χ3v) is 9.03. The van der Waals surface area contributed by atoms with E-state index in [2.05, 4.69) is 6.07 Å². The second-order valence-corrected chi connectivity index (χ2v) is 11.1. The maximum Gasteiger partial charge on any atom is 0.252 e. The average Bonchev–Trinajstić information content (AvgIpc) is 3.46. The number of carbonyl (C=O) groups is 1. The molecule has 0 aliphatic carbocycles. The van der Waals surface area contributed by atoms with Crippen molar-refractivity contribution in [2.45, 2.75) is 30.0 Å². The van der Waals surface area contributed by atoms with E-state index in [0.717, 1.165) is 39.8 Å². The van der Waals surface area contributed by atoms with Gasteiger partial charge in [-0.3, -0.25) is 4.79 Å². The van der Waals surface area contributed by atoms with Gasteiger partial charge in [0.1, 0.15) is 9.96 Å². The number of rotatable bonds is 7. The van der Waals surface area contributed by atoms with Crippen LogP contribution in [0.15, 0.2) is 52.7 Å². The highest BCUT2D eigenvalue weighted by atomic mass is 32.2. The zero-order valence-corrected chi connectivity index (χ0v) is 19.3. The largest absolute Gasteiger partial charge is 0.497 e. The molecule has 0 bridgehead atoms. The molecule has 8 heteroatoms. The van der Waals surface area contributed by atoms with Gasteiger partial charge in [0, 0.05) is 31.6 Å². The number of thiophene rings is 1. The number of methoxy groups -OCH3 is 1. The van der Waals surface area contributed by atoms with Crippen molar-refractivity contribution in [3.63, 3.8) is 0 Å². The molecule has 0 unspecified atom stereocenters. The summed E-state index contributed by atoms with van der Waals surface area (Å²) in [6.07, 6.45) is 2.01. The lowest BCUT2D eigenvalue weighted by Gasteiger charge is -2.17. The molecule has 2 aromatic carbocycles. The van der Waals surface area contributed by atoms with Gasteiger partial charge >= 0.3 is 0 Å². The number of carbonyl (C=O) groups excluding carboxylic acids is 1. The Balaban J connectivity index is 1.41. The van der Waals surface area contributed by atoms with E-state index >= 15 is 0 Å². The highest BCUT2D eigenvalue weighted by Gasteiger charge is 2.28. The molecule has 31 heavy (non-hydrogen) atoms. The summed E-state index contributed by atoms with van der Waals surface area (Å²) >= 11 is 1.20. The topological polar surface area (TPSA) is 66.9 Å². The van der Waals surface area contributed by atoms with Gasteiger partial charge in [0.05, 0.1) is 13.5 Å². The van der Waals surface area contributed by atoms with Crippen LogP contribution in [0, 0.1) is 0 Å². The molecule has 1 aromatic heterocycles. The Labute approximate surface area is 187 Å². The van der Waals surface area contributed by atoms with Crippen molar-refractivity contribution >= 4 is 38.0 Å². The van der Waals surface area contributed by atoms with Crippen LogP contribution in [0.5, 0.6) is 5.75 Å². The van der Waals surface area contributed by atoms with Crippen LogP contribution in [-0.2, 0) is 27.8 Å². The smallest absolute Gasteiger partial charge is 0.252 e. The van der Waals surface area contributed by atoms with Gasteiger partial charge in [0.2, 0.25) is 5.91 Å². The average molecular weight is 459 g/mol. The van der Waals surface area contributed by atoms with E-state index in [1.54, 1.807) is 31.2 Å². The number of benzene rings is 2. The predicted molar refractivity (Wildman–Crippen MR) is 123 cm³/mol. The van der Waals surface area contributed by atoms with Crippen molar-refractivity contribution in [3.8, 4) is 5.75 Å². The summed E-state index contributed by atoms with van der Waals surface area (Å²) in [5, 5.41) is 2.18. The Morgan fingerprint density at radius 3 is 2.52 bits per heavy atom. The molecule has 1 fully saturated rings. The number of nitrogens with zero attached hydrogens (tertiary/aromatic N) is 2. The number of fused-ring (bicyclic) bond motifs is 1. The molecular formula is C23H26N2O4S2. The fourth-order valence-electron chi connectivity index (χ4n) is 3.79. The molecule has 164 valence electrons. The van der Waals surface area contributed by atoms with Crippen LogP contribution < -0.4 is 4.74 Å². The first kappa shape index (κ1) is 21.8. The molecule has 1 aliphatic heterocycles. The zero-order valence-electron chi connectivity index (χ0n) is 17.7. The van der Waals surface area contributed by atoms with E-state index in [1.165, 1.54) is 15.6 Å². The molecule has 0 spiro atoms. The van der Waals surface area contributed by atoms with Crippen molar-refractivity contribution < 1.29 is 17.9 Å². The van der Waals surface area contributed by atoms with Gasteiger partial charge in [-0.1, -0.05) is 18.2 Å². The standard InChI is InChI=1S/C23H26N2O4S2/c1-24(16-17-5-6-19-14-20(29-2)8-7-18(19)13-17)22(26)15-21-9-10-23(30-21)31(27,28)25-11-3-4-12-25/h5-10,13-14H,3-4,11-12,15-16H2,1-2H3. The Hall–Kier alpha value is -2.42. The lowest BCUT2D eigenvalue weighted by molar-refractivity contribution is -0.129. The van der Waals surface area contributed by atoms with Gasteiger partial charge < -0.3 is 9.64 Å². The zero-order chi connectivity index (χ0) is 22.0. The lowest BCUT2D eigenvalue weighted by Crippen LogP contribution is -2.27. The number of amides is 1. The van der Waals surface area contributed by atoms with Crippen molar-refractivity contribution in [3.05, 3.63) is 59.0 Å². The minimum absolute atomic E-state index is 0.0400. The monoisotopic (exact) mass is 458 g/mol. The first-order valence-corrected chi connectivity index (χ1v) is 12.5. The third kappa shape index (κ3) is 4.76. The van der Waals surface area contributed by atoms with Crippen LogP contribution in [-0.4, -0.2) is 50.8 Å². The Kier molecular flexibility index (Phi) is 6.31. The number of hydrogen-bond donors (Lipinski definition) is 0. The first-order chi connectivity index (χ1) is 14.9. The highest BCUT2D eigenvalue weighted by Crippen LogP contribution is 2.28. The molecule has 1 saturated heterocycles. The van der Waals surface area contributed by atoms with Crippen LogP contribution in [0.3, 0.4) is 0 Å². The van der Waals surface area contributed by atoms with Crippen LogP contribution in [0.4, 0.5) is 0 Å². The van der Waals surface area contributed by atoms with E-state index in [4.69, 9.17) is 4.74 Å². The molecule has 1 aliphatic rings. The molecule has 3 aromatic rings. The fourth-order valence-corrected chi connectivity index (χ4v) is 6.81. The quantitative estimate of drug-likeness (QED) is 0.539. The summed E-state index contributed by atoms with van der Waals surface area (Å²) in [6.45, 7) is 1.65. The van der Waals surface area contributed by atoms with Crippen molar-refractivity contribution in [1.29, 1.82) is 0 Å². The SMILES string of the molecule is COc1ccc2cc(CN(C)C(=O)Cc3ccc(S(=O)(=O)N4CCCC4)s3)ccc2c1. The molecule has 0 atom stereocenters. The Morgan fingerprint density at radius 2 is 1.77 bits per heavy atom. The number of sulfonamides is 1. The van der Waals surface area contributed by atoms with E-state index in [9.17, 15) is 13.2 Å². The maximum atomic E-state index is 12.7. The molecule has 4 rings (SSSR count). The van der Waals surface area contributed by atoms with Crippen LogP contribution in [0.1, 0.15) is 23.3 Å². The first-order valence-electron chi connectivity index (χ1n) is 10.3. The van der Waals surface area contributed by atoms with E-state index < -0.39 is 10.0 Å². The second-order valence-electron chi connectivity index (χ2n) is 7.81. The summed E-state index contributed by atoms with van der Waals surface area (Å²) in [6, 6.07) is 15.4. The Morgan fingerprint density at radius 1 is 1.06 bits per heavy atom. The number of likely N-dealkylation sites (N-methyl/N-ethyl adjacent to an activating group) is 1. The van der Waals surface area contributed by atoms with Gasteiger partial charge in [-0.25, -0.2) is 8.42 Å². The van der Waals surface area contributed by atoms with Crippen molar-refractivity contribution in [1.82, 2.24) is 9.21 Å². The molecule has 0 N–H and O–H groups in total. The maximum absolute atomic E-state index is 12.7. The molecule has 6 nitrogen and oxygen atoms in total. The highest BCUT2D eigenvalue weighted by molar-refractivity contribution is 7.91. The van der Waals surface area contributed by atoms with Gasteiger partial charge in [0.25, 0.3) is 10.0 Å². The van der Waals surface area contributed by atoms with E-state index in [0.29, 0.717) is 23.8 Å². The van der Waals surface area contributed by atoms with Crippen LogP contribution in [0.2, 0.25) is 0 Å². The summed E-state index contributed by atoms with van der Waals surface area (Å²) < 4.78 is 32.5. The minimum Gasteiger partial charge on any atom is -0.497 e. The van der Waals surface area contributed by atoms with E-state index in [-0.39, 0.29) is 12.3 Å². The molecule has 0 radical (unpaired) electrons. The summed E-state index contributed by atoms with van der Waals surface area (Å²) in [5.74, 6) is 0.774. The fraction of sp³-hybridized carbons (Fsp3) is 0.348. The van der Waals surface area contributed by atoms with Crippen molar-refractivity contribution in [2.24, 2.45) is 0 Å². The van der Waals surface area contributed by atoms with Crippen molar-refractivity contribution in [2.75, 3.05) is 27.2 Å². The predicted octanol–water partition coefficient (Wildman–Crippen LogP) is 3.90. The van der Waals surface area contributed by atoms with Crippen LogP contribution in [0.25, 0.3) is 10.8 Å². The molecule has 1 amide bonds. The second kappa shape index (κ2) is 8.98. The summed E-state index contributed by atoms with van der Waals surface area (Å²) in [7, 11) is -0.00916. The molecule has 0 saturated carbocycles. The van der Waals surface area contributed by atoms with Crippen LogP contribution >= 0.6 is 11.3 Å². The van der Waals surface area contributed by atoms with Gasteiger partial charge in [0.15, 0.2) is 0 Å². The minimum atomic E-state index is -3.43. The third-order valence-electron chi connectivity index (χ3n) is 5.58. The summed E-state index contributed by atoms with van der Waals surface area (Å²) in [4.78, 5) is 15.2. The lowest BCUT2D eigenvalue weighted by atomic mass is 10.1. The van der Waals surface area contributed by atoms with E-state index in [1.807, 2.05) is 30.3 Å². The van der Waals surface area contributed by atoms with Gasteiger partial charge in [-0.15, -0.1) is 11.3 Å². The summed E-state index contributed by atoms with van der Waals surface area (Å²) in [5.41, 5.74) is 1.04. The van der Waals surface area contributed by atoms with Gasteiger partial charge in [-0.05, 0) is 59.5 Å². The normalized spacial score (nSPS) is 14.8. The molecule has 2 heterocycles. The number of hydrogen-bond acceptors (Lipinski definition) is 5. The number of ether oxygens (including phenoxy) is 1. The van der Waals surface area contributed by atoms with Gasteiger partial charge in [-0.2, -0.15) is 4.31 Å².